The predicted octanol–water partition coefficient (Wildman–Crippen LogP) is 3.40. The van der Waals surface area contributed by atoms with E-state index in [-0.39, 0.29) is 30.3 Å². The zero-order chi connectivity index (χ0) is 17.4. The molecule has 0 aliphatic rings. The normalized spacial score (nSPS) is 10.5. The maximum atomic E-state index is 11.8. The molecule has 0 saturated heterocycles. The minimum absolute atomic E-state index is 0.104. The predicted molar refractivity (Wildman–Crippen MR) is 93.0 cm³/mol. The molecule has 2 N–H and O–H groups in total. The Labute approximate surface area is 140 Å². The number of ether oxygens (including phenoxy) is 1. The van der Waals surface area contributed by atoms with Crippen LogP contribution in [-0.2, 0) is 9.59 Å². The van der Waals surface area contributed by atoms with Crippen molar-refractivity contribution in [3.05, 3.63) is 60.2 Å². The fraction of sp³-hybridized carbons (Fsp3) is 0.158. The number of ketones is 1. The molecule has 1 amide bonds. The lowest BCUT2D eigenvalue weighted by Gasteiger charge is -2.04. The lowest BCUT2D eigenvalue weighted by molar-refractivity contribution is -0.120. The number of methoxy groups -OCH3 is 1. The summed E-state index contributed by atoms with van der Waals surface area (Å²) in [6.45, 7) is 0. The van der Waals surface area contributed by atoms with Gasteiger partial charge >= 0.3 is 0 Å². The van der Waals surface area contributed by atoms with Crippen molar-refractivity contribution in [2.24, 2.45) is 0 Å². The van der Waals surface area contributed by atoms with Crippen molar-refractivity contribution in [2.75, 3.05) is 12.4 Å². The summed E-state index contributed by atoms with van der Waals surface area (Å²) in [5, 5.41) is 11.8. The highest BCUT2D eigenvalue weighted by atomic mass is 16.5. The van der Waals surface area contributed by atoms with Gasteiger partial charge in [0, 0.05) is 18.5 Å². The summed E-state index contributed by atoms with van der Waals surface area (Å²) in [6.07, 6.45) is 3.42. The average molecular weight is 325 g/mol. The van der Waals surface area contributed by atoms with Crippen molar-refractivity contribution in [3.63, 3.8) is 0 Å². The van der Waals surface area contributed by atoms with Crippen LogP contribution in [0.5, 0.6) is 11.5 Å². The topological polar surface area (TPSA) is 75.6 Å². The molecule has 5 heteroatoms. The lowest BCUT2D eigenvalue weighted by Crippen LogP contribution is -2.12. The van der Waals surface area contributed by atoms with Crippen molar-refractivity contribution < 1.29 is 19.4 Å². The summed E-state index contributed by atoms with van der Waals surface area (Å²) < 4.78 is 5.07. The largest absolute Gasteiger partial charge is 0.508 e. The van der Waals surface area contributed by atoms with Gasteiger partial charge in [0.15, 0.2) is 5.78 Å². The Morgan fingerprint density at radius 3 is 2.33 bits per heavy atom. The standard InChI is InChI=1S/C19H19NO4/c1-24-18-11-3-14(4-12-18)2-7-16(21)10-13-19(23)20-15-5-8-17(22)9-6-15/h2-9,11-12,22H,10,13H2,1H3,(H,20,23)/b7-2+. The molecule has 0 heterocycles. The van der Waals surface area contributed by atoms with Crippen molar-refractivity contribution in [3.8, 4) is 11.5 Å². The molecule has 0 bridgehead atoms. The van der Waals surface area contributed by atoms with Gasteiger partial charge in [-0.1, -0.05) is 18.2 Å². The Kier molecular flexibility index (Phi) is 6.14. The SMILES string of the molecule is COc1ccc(/C=C/C(=O)CCC(=O)Nc2ccc(O)cc2)cc1. The van der Waals surface area contributed by atoms with E-state index in [9.17, 15) is 14.7 Å². The van der Waals surface area contributed by atoms with Crippen LogP contribution in [0.2, 0.25) is 0 Å². The molecular formula is C19H19NO4. The van der Waals surface area contributed by atoms with Gasteiger partial charge < -0.3 is 15.2 Å². The minimum Gasteiger partial charge on any atom is -0.508 e. The number of rotatable bonds is 7. The zero-order valence-electron chi connectivity index (χ0n) is 13.4. The van der Waals surface area contributed by atoms with Crippen molar-refractivity contribution >= 4 is 23.5 Å². The van der Waals surface area contributed by atoms with Gasteiger partial charge in [0.2, 0.25) is 5.91 Å². The van der Waals surface area contributed by atoms with E-state index in [0.717, 1.165) is 11.3 Å². The number of anilines is 1. The Morgan fingerprint density at radius 2 is 1.71 bits per heavy atom. The second-order valence-corrected chi connectivity index (χ2v) is 5.17. The number of benzene rings is 2. The average Bonchev–Trinajstić information content (AvgIpc) is 2.60. The fourth-order valence-corrected chi connectivity index (χ4v) is 1.99. The maximum Gasteiger partial charge on any atom is 0.224 e. The number of hydrogen-bond acceptors (Lipinski definition) is 4. The number of phenols is 1. The molecule has 124 valence electrons. The van der Waals surface area contributed by atoms with E-state index < -0.39 is 0 Å². The molecular weight excluding hydrogens is 306 g/mol. The fourth-order valence-electron chi connectivity index (χ4n) is 1.99. The first-order chi connectivity index (χ1) is 11.6. The molecule has 0 spiro atoms. The first-order valence-electron chi connectivity index (χ1n) is 7.50. The number of nitrogens with one attached hydrogen (secondary N) is 1. The summed E-state index contributed by atoms with van der Waals surface area (Å²) in [6, 6.07) is 13.5. The van der Waals surface area contributed by atoms with E-state index in [1.807, 2.05) is 24.3 Å². The summed E-state index contributed by atoms with van der Waals surface area (Å²) in [7, 11) is 1.59. The van der Waals surface area contributed by atoms with Crippen LogP contribution in [0, 0.1) is 0 Å². The second-order valence-electron chi connectivity index (χ2n) is 5.17. The van der Waals surface area contributed by atoms with Gasteiger partial charge in [-0.25, -0.2) is 0 Å². The molecule has 0 saturated carbocycles. The highest BCUT2D eigenvalue weighted by Gasteiger charge is 2.05. The van der Waals surface area contributed by atoms with E-state index in [1.54, 1.807) is 25.3 Å². The molecule has 0 aromatic heterocycles. The van der Waals surface area contributed by atoms with Crippen LogP contribution in [0.3, 0.4) is 0 Å². The molecule has 0 radical (unpaired) electrons. The smallest absolute Gasteiger partial charge is 0.224 e. The molecule has 0 unspecified atom stereocenters. The van der Waals surface area contributed by atoms with Crippen LogP contribution >= 0.6 is 0 Å². The molecule has 0 aliphatic carbocycles. The van der Waals surface area contributed by atoms with Crippen molar-refractivity contribution in [2.45, 2.75) is 12.8 Å². The zero-order valence-corrected chi connectivity index (χ0v) is 13.4. The van der Waals surface area contributed by atoms with Crippen LogP contribution in [-0.4, -0.2) is 23.9 Å². The summed E-state index contributed by atoms with van der Waals surface area (Å²) in [4.78, 5) is 23.6. The summed E-state index contributed by atoms with van der Waals surface area (Å²) in [5.41, 5.74) is 1.47. The van der Waals surface area contributed by atoms with E-state index in [4.69, 9.17) is 4.74 Å². The number of phenolic OH excluding ortho intramolecular Hbond substituents is 1. The number of hydrogen-bond donors (Lipinski definition) is 2. The summed E-state index contributed by atoms with van der Waals surface area (Å²) >= 11 is 0. The second kappa shape index (κ2) is 8.53. The van der Waals surface area contributed by atoms with Crippen LogP contribution in [0.1, 0.15) is 18.4 Å². The Bertz CT molecular complexity index is 718. The number of carbonyl (C=O) groups excluding carboxylic acids is 2. The van der Waals surface area contributed by atoms with Gasteiger partial charge in [-0.05, 0) is 48.0 Å². The molecule has 0 atom stereocenters. The van der Waals surface area contributed by atoms with E-state index in [2.05, 4.69) is 5.32 Å². The Morgan fingerprint density at radius 1 is 1.04 bits per heavy atom. The van der Waals surface area contributed by atoms with Gasteiger partial charge in [0.25, 0.3) is 0 Å². The first kappa shape index (κ1) is 17.3. The highest BCUT2D eigenvalue weighted by molar-refractivity contribution is 5.98. The Hall–Kier alpha value is -3.08. The number of carbonyl (C=O) groups is 2. The quantitative estimate of drug-likeness (QED) is 0.604. The van der Waals surface area contributed by atoms with Crippen molar-refractivity contribution in [1.29, 1.82) is 0 Å². The van der Waals surface area contributed by atoms with E-state index >= 15 is 0 Å². The van der Waals surface area contributed by atoms with Crippen LogP contribution in [0.25, 0.3) is 6.08 Å². The van der Waals surface area contributed by atoms with Gasteiger partial charge in [-0.15, -0.1) is 0 Å². The number of allylic oxidation sites excluding steroid dienone is 1. The monoisotopic (exact) mass is 325 g/mol. The maximum absolute atomic E-state index is 11.8. The van der Waals surface area contributed by atoms with Gasteiger partial charge in [-0.3, -0.25) is 9.59 Å². The van der Waals surface area contributed by atoms with E-state index in [1.165, 1.54) is 18.2 Å². The van der Waals surface area contributed by atoms with Crippen molar-refractivity contribution in [1.82, 2.24) is 0 Å². The first-order valence-corrected chi connectivity index (χ1v) is 7.50. The third-order valence-corrected chi connectivity index (χ3v) is 3.33. The minimum atomic E-state index is -0.244. The number of aromatic hydroxyl groups is 1. The lowest BCUT2D eigenvalue weighted by atomic mass is 10.1. The van der Waals surface area contributed by atoms with Crippen LogP contribution in [0.15, 0.2) is 54.6 Å². The van der Waals surface area contributed by atoms with Gasteiger partial charge in [-0.2, -0.15) is 0 Å². The van der Waals surface area contributed by atoms with Crippen LogP contribution in [0.4, 0.5) is 5.69 Å². The van der Waals surface area contributed by atoms with Gasteiger partial charge in [0.1, 0.15) is 11.5 Å². The Balaban J connectivity index is 1.78. The highest BCUT2D eigenvalue weighted by Crippen LogP contribution is 2.14. The van der Waals surface area contributed by atoms with Gasteiger partial charge in [0.05, 0.1) is 7.11 Å². The number of amides is 1. The third-order valence-electron chi connectivity index (χ3n) is 3.33. The molecule has 2 aromatic rings. The molecule has 24 heavy (non-hydrogen) atoms. The molecule has 2 aromatic carbocycles. The molecule has 0 fully saturated rings. The molecule has 2 rings (SSSR count). The van der Waals surface area contributed by atoms with E-state index in [0.29, 0.717) is 5.69 Å². The third kappa shape index (κ3) is 5.61. The van der Waals surface area contributed by atoms with Crippen LogP contribution < -0.4 is 10.1 Å². The molecule has 5 nitrogen and oxygen atoms in total. The molecule has 0 aliphatic heterocycles. The summed E-state index contributed by atoms with van der Waals surface area (Å²) in [5.74, 6) is 0.523.